The van der Waals surface area contributed by atoms with Crippen molar-refractivity contribution in [3.8, 4) is 0 Å². The highest BCUT2D eigenvalue weighted by Crippen LogP contribution is 2.19. The van der Waals surface area contributed by atoms with Crippen LogP contribution in [0, 0.1) is 6.92 Å². The molecule has 0 aliphatic heterocycles. The van der Waals surface area contributed by atoms with Gasteiger partial charge < -0.3 is 10.6 Å². The normalized spacial score (nSPS) is 14.9. The third kappa shape index (κ3) is 4.93. The molecule has 2 aromatic rings. The molecule has 24 heavy (non-hydrogen) atoms. The number of aryl methyl sites for hydroxylation is 1. The molecule has 1 aliphatic rings. The monoisotopic (exact) mass is 342 g/mol. The number of amides is 2. The summed E-state index contributed by atoms with van der Waals surface area (Å²) in [5.74, 6) is -0.194. The topological polar surface area (TPSA) is 58.2 Å². The second kappa shape index (κ2) is 7.62. The van der Waals surface area contributed by atoms with Crippen LogP contribution < -0.4 is 10.6 Å². The first-order valence-corrected chi connectivity index (χ1v) is 9.11. The Morgan fingerprint density at radius 1 is 1.17 bits per heavy atom. The Kier molecular flexibility index (Phi) is 5.30. The molecular formula is C19H22N2O2S. The van der Waals surface area contributed by atoms with E-state index in [1.165, 1.54) is 4.88 Å². The molecule has 1 fully saturated rings. The van der Waals surface area contributed by atoms with Gasteiger partial charge in [-0.05, 0) is 37.5 Å². The molecule has 1 unspecified atom stereocenters. The molecule has 0 bridgehead atoms. The minimum Gasteiger partial charge on any atom is -0.352 e. The Morgan fingerprint density at radius 2 is 1.92 bits per heavy atom. The molecule has 3 rings (SSSR count). The maximum atomic E-state index is 12.5. The largest absolute Gasteiger partial charge is 0.352 e. The smallest absolute Gasteiger partial charge is 0.243 e. The second-order valence-electron chi connectivity index (χ2n) is 6.28. The number of nitrogens with one attached hydrogen (secondary N) is 2. The zero-order valence-electron chi connectivity index (χ0n) is 13.7. The van der Waals surface area contributed by atoms with Gasteiger partial charge in [0.2, 0.25) is 11.8 Å². The van der Waals surface area contributed by atoms with Gasteiger partial charge >= 0.3 is 0 Å². The van der Waals surface area contributed by atoms with Gasteiger partial charge in [0.15, 0.2) is 0 Å². The van der Waals surface area contributed by atoms with Gasteiger partial charge in [-0.15, -0.1) is 11.3 Å². The molecule has 0 radical (unpaired) electrons. The van der Waals surface area contributed by atoms with Crippen LogP contribution in [0.1, 0.15) is 28.2 Å². The molecule has 1 atom stereocenters. The first kappa shape index (κ1) is 16.7. The number of benzene rings is 1. The maximum Gasteiger partial charge on any atom is 0.243 e. The van der Waals surface area contributed by atoms with Crippen LogP contribution in [0.15, 0.2) is 42.5 Å². The lowest BCUT2D eigenvalue weighted by molar-refractivity contribution is -0.128. The summed E-state index contributed by atoms with van der Waals surface area (Å²) in [4.78, 5) is 27.0. The molecule has 1 aromatic heterocycles. The van der Waals surface area contributed by atoms with Crippen molar-refractivity contribution < 1.29 is 9.59 Å². The summed E-state index contributed by atoms with van der Waals surface area (Å²) in [6.07, 6.45) is 2.90. The molecule has 2 N–H and O–H groups in total. The van der Waals surface area contributed by atoms with E-state index in [0.29, 0.717) is 12.8 Å². The number of rotatable bonds is 7. The Balaban J connectivity index is 1.63. The van der Waals surface area contributed by atoms with Crippen LogP contribution in [0.2, 0.25) is 0 Å². The first-order chi connectivity index (χ1) is 11.6. The lowest BCUT2D eigenvalue weighted by atomic mass is 10.0. The average Bonchev–Trinajstić information content (AvgIpc) is 3.28. The molecule has 1 heterocycles. The fraction of sp³-hybridized carbons (Fsp3) is 0.368. The van der Waals surface area contributed by atoms with Gasteiger partial charge in [0, 0.05) is 22.2 Å². The molecule has 1 saturated carbocycles. The molecule has 5 heteroatoms. The standard InChI is InChI=1S/C19H22N2O2S/c1-13-7-10-16(24-13)12-18(22)21-17(19(23)20-15-8-9-15)11-14-5-3-2-4-6-14/h2-7,10,15,17H,8-9,11-12H2,1H3,(H,20,23)(H,21,22). The quantitative estimate of drug-likeness (QED) is 0.813. The zero-order chi connectivity index (χ0) is 16.9. The van der Waals surface area contributed by atoms with Gasteiger partial charge in [-0.1, -0.05) is 30.3 Å². The predicted octanol–water partition coefficient (Wildman–Crippen LogP) is 2.61. The van der Waals surface area contributed by atoms with E-state index in [4.69, 9.17) is 0 Å². The van der Waals surface area contributed by atoms with Crippen molar-refractivity contribution in [2.75, 3.05) is 0 Å². The van der Waals surface area contributed by atoms with Crippen LogP contribution in [0.3, 0.4) is 0 Å². The van der Waals surface area contributed by atoms with Gasteiger partial charge in [0.1, 0.15) is 6.04 Å². The zero-order valence-corrected chi connectivity index (χ0v) is 14.6. The minimum absolute atomic E-state index is 0.0861. The SMILES string of the molecule is Cc1ccc(CC(=O)NC(Cc2ccccc2)C(=O)NC2CC2)s1. The second-order valence-corrected chi connectivity index (χ2v) is 7.65. The number of hydrogen-bond acceptors (Lipinski definition) is 3. The van der Waals surface area contributed by atoms with Gasteiger partial charge in [-0.25, -0.2) is 0 Å². The van der Waals surface area contributed by atoms with Crippen LogP contribution in [0.25, 0.3) is 0 Å². The molecule has 4 nitrogen and oxygen atoms in total. The fourth-order valence-corrected chi connectivity index (χ4v) is 3.46. The summed E-state index contributed by atoms with van der Waals surface area (Å²) >= 11 is 1.61. The van der Waals surface area contributed by atoms with Crippen molar-refractivity contribution in [2.24, 2.45) is 0 Å². The van der Waals surface area contributed by atoms with Crippen molar-refractivity contribution in [1.29, 1.82) is 0 Å². The highest BCUT2D eigenvalue weighted by molar-refractivity contribution is 7.12. The van der Waals surface area contributed by atoms with E-state index in [0.717, 1.165) is 23.3 Å². The first-order valence-electron chi connectivity index (χ1n) is 8.29. The minimum atomic E-state index is -0.526. The lowest BCUT2D eigenvalue weighted by Crippen LogP contribution is -2.49. The Bertz CT molecular complexity index is 707. The number of carbonyl (C=O) groups excluding carboxylic acids is 2. The van der Waals surface area contributed by atoms with Gasteiger partial charge in [0.05, 0.1) is 6.42 Å². The highest BCUT2D eigenvalue weighted by Gasteiger charge is 2.28. The Labute approximate surface area is 146 Å². The Hall–Kier alpha value is -2.14. The maximum absolute atomic E-state index is 12.5. The lowest BCUT2D eigenvalue weighted by Gasteiger charge is -2.18. The summed E-state index contributed by atoms with van der Waals surface area (Å²) in [5, 5.41) is 5.91. The highest BCUT2D eigenvalue weighted by atomic mass is 32.1. The third-order valence-corrected chi connectivity index (χ3v) is 4.99. The van der Waals surface area contributed by atoms with E-state index in [2.05, 4.69) is 10.6 Å². The number of carbonyl (C=O) groups is 2. The van der Waals surface area contributed by atoms with Crippen molar-refractivity contribution in [1.82, 2.24) is 10.6 Å². The molecule has 0 spiro atoms. The number of hydrogen-bond donors (Lipinski definition) is 2. The van der Waals surface area contributed by atoms with Gasteiger partial charge in [0.25, 0.3) is 0 Å². The average molecular weight is 342 g/mol. The van der Waals surface area contributed by atoms with Crippen LogP contribution in [-0.4, -0.2) is 23.9 Å². The molecular weight excluding hydrogens is 320 g/mol. The Morgan fingerprint density at radius 3 is 2.54 bits per heavy atom. The van der Waals surface area contributed by atoms with E-state index < -0.39 is 6.04 Å². The van der Waals surface area contributed by atoms with Crippen molar-refractivity contribution in [3.63, 3.8) is 0 Å². The van der Waals surface area contributed by atoms with Crippen molar-refractivity contribution >= 4 is 23.2 Å². The number of thiophene rings is 1. The van der Waals surface area contributed by atoms with Crippen LogP contribution in [0.5, 0.6) is 0 Å². The van der Waals surface area contributed by atoms with E-state index >= 15 is 0 Å². The fourth-order valence-electron chi connectivity index (χ4n) is 2.57. The summed E-state index contributed by atoms with van der Waals surface area (Å²) in [5.41, 5.74) is 1.04. The van der Waals surface area contributed by atoms with E-state index in [9.17, 15) is 9.59 Å². The molecule has 2 amide bonds. The molecule has 1 aliphatic carbocycles. The van der Waals surface area contributed by atoms with Gasteiger partial charge in [-0.3, -0.25) is 9.59 Å². The van der Waals surface area contributed by atoms with Crippen LogP contribution >= 0.6 is 11.3 Å². The van der Waals surface area contributed by atoms with Crippen LogP contribution in [0.4, 0.5) is 0 Å². The summed E-state index contributed by atoms with van der Waals surface area (Å²) in [6.45, 7) is 2.02. The van der Waals surface area contributed by atoms with Gasteiger partial charge in [-0.2, -0.15) is 0 Å². The third-order valence-electron chi connectivity index (χ3n) is 3.99. The molecule has 126 valence electrons. The predicted molar refractivity (Wildman–Crippen MR) is 96.0 cm³/mol. The summed E-state index contributed by atoms with van der Waals surface area (Å²) in [7, 11) is 0. The summed E-state index contributed by atoms with van der Waals surface area (Å²) < 4.78 is 0. The van der Waals surface area contributed by atoms with Crippen molar-refractivity contribution in [3.05, 3.63) is 57.8 Å². The van der Waals surface area contributed by atoms with E-state index in [1.54, 1.807) is 11.3 Å². The molecule has 0 saturated heterocycles. The van der Waals surface area contributed by atoms with E-state index in [-0.39, 0.29) is 17.9 Å². The molecule has 1 aromatic carbocycles. The van der Waals surface area contributed by atoms with Crippen LogP contribution in [-0.2, 0) is 22.4 Å². The van der Waals surface area contributed by atoms with Crippen molar-refractivity contribution in [2.45, 2.75) is 44.7 Å². The summed E-state index contributed by atoms with van der Waals surface area (Å²) in [6, 6.07) is 13.5. The van der Waals surface area contributed by atoms with E-state index in [1.807, 2.05) is 49.4 Å².